The van der Waals surface area contributed by atoms with Crippen LogP contribution in [0.15, 0.2) is 53.8 Å². The van der Waals surface area contributed by atoms with Crippen molar-refractivity contribution in [1.82, 2.24) is 15.2 Å². The van der Waals surface area contributed by atoms with Crippen LogP contribution in [0, 0.1) is 0 Å². The van der Waals surface area contributed by atoms with Crippen molar-refractivity contribution in [2.24, 2.45) is 5.73 Å². The molecule has 0 spiro atoms. The van der Waals surface area contributed by atoms with Crippen molar-refractivity contribution in [1.29, 1.82) is 0 Å². The molecule has 1 aromatic carbocycles. The van der Waals surface area contributed by atoms with Crippen LogP contribution < -0.4 is 5.73 Å². The highest BCUT2D eigenvalue weighted by Crippen LogP contribution is 2.37. The minimum atomic E-state index is 0.615. The molecule has 6 heteroatoms. The highest BCUT2D eigenvalue weighted by Gasteiger charge is 2.16. The fraction of sp³-hybridized carbons (Fsp3) is 0.125. The predicted molar refractivity (Wildman–Crippen MR) is 92.0 cm³/mol. The molecule has 4 nitrogen and oxygen atoms in total. The van der Waals surface area contributed by atoms with Crippen molar-refractivity contribution in [3.63, 3.8) is 0 Å². The van der Waals surface area contributed by atoms with Gasteiger partial charge in [0.25, 0.3) is 0 Å². The van der Waals surface area contributed by atoms with E-state index in [0.29, 0.717) is 11.6 Å². The molecule has 0 aliphatic rings. The van der Waals surface area contributed by atoms with Crippen LogP contribution in [0.4, 0.5) is 0 Å². The van der Waals surface area contributed by atoms with E-state index in [2.05, 4.69) is 15.2 Å². The average Bonchev–Trinajstić information content (AvgIpc) is 2.98. The van der Waals surface area contributed by atoms with E-state index in [1.165, 1.54) is 0 Å². The quantitative estimate of drug-likeness (QED) is 0.697. The number of aromatic nitrogens is 3. The molecular formula is C16H15ClN4S. The molecule has 3 aromatic rings. The van der Waals surface area contributed by atoms with Gasteiger partial charge in [0.2, 0.25) is 0 Å². The van der Waals surface area contributed by atoms with Crippen molar-refractivity contribution in [2.75, 3.05) is 12.3 Å². The molecule has 2 aromatic heterocycles. The molecule has 0 amide bonds. The number of thioether (sulfide) groups is 1. The van der Waals surface area contributed by atoms with Gasteiger partial charge in [-0.25, -0.2) is 0 Å². The van der Waals surface area contributed by atoms with Crippen LogP contribution in [-0.4, -0.2) is 27.5 Å². The molecule has 3 rings (SSSR count). The number of rotatable bonds is 5. The Kier molecular flexibility index (Phi) is 4.77. The third kappa shape index (κ3) is 3.16. The lowest BCUT2D eigenvalue weighted by Crippen LogP contribution is -2.01. The second-order valence-corrected chi connectivity index (χ2v) is 6.18. The summed E-state index contributed by atoms with van der Waals surface area (Å²) in [6.45, 7) is 0.615. The molecule has 0 radical (unpaired) electrons. The van der Waals surface area contributed by atoms with E-state index >= 15 is 0 Å². The van der Waals surface area contributed by atoms with E-state index in [0.717, 1.165) is 33.2 Å². The summed E-state index contributed by atoms with van der Waals surface area (Å²) in [6, 6.07) is 11.7. The van der Waals surface area contributed by atoms with Crippen LogP contribution in [0.2, 0.25) is 5.02 Å². The molecular weight excluding hydrogens is 316 g/mol. The van der Waals surface area contributed by atoms with Crippen LogP contribution in [-0.2, 0) is 0 Å². The lowest BCUT2D eigenvalue weighted by atomic mass is 10.0. The predicted octanol–water partition coefficient (Wildman–Crippen LogP) is 3.84. The molecule has 0 fully saturated rings. The second-order valence-electron chi connectivity index (χ2n) is 4.66. The normalized spacial score (nSPS) is 10.8. The maximum absolute atomic E-state index is 5.98. The van der Waals surface area contributed by atoms with Crippen molar-refractivity contribution in [3.8, 4) is 22.4 Å². The van der Waals surface area contributed by atoms with Gasteiger partial charge in [0, 0.05) is 40.8 Å². The molecule has 2 heterocycles. The minimum absolute atomic E-state index is 0.615. The van der Waals surface area contributed by atoms with E-state index in [4.69, 9.17) is 17.3 Å². The summed E-state index contributed by atoms with van der Waals surface area (Å²) in [5.41, 5.74) is 9.78. The summed E-state index contributed by atoms with van der Waals surface area (Å²) in [6.07, 6.45) is 3.57. The van der Waals surface area contributed by atoms with E-state index in [1.54, 1.807) is 24.2 Å². The van der Waals surface area contributed by atoms with Gasteiger partial charge in [0.1, 0.15) is 5.03 Å². The molecule has 22 heavy (non-hydrogen) atoms. The highest BCUT2D eigenvalue weighted by molar-refractivity contribution is 7.99. The Morgan fingerprint density at radius 2 is 1.77 bits per heavy atom. The summed E-state index contributed by atoms with van der Waals surface area (Å²) in [5, 5.41) is 9.26. The van der Waals surface area contributed by atoms with Gasteiger partial charge < -0.3 is 5.73 Å². The third-order valence-corrected chi connectivity index (χ3v) is 4.45. The minimum Gasteiger partial charge on any atom is -0.330 e. The number of nitrogens with one attached hydrogen (secondary N) is 1. The van der Waals surface area contributed by atoms with Crippen molar-refractivity contribution in [3.05, 3.63) is 53.8 Å². The number of aromatic amines is 1. The topological polar surface area (TPSA) is 67.6 Å². The molecule has 0 unspecified atom stereocenters. The Balaban J connectivity index is 2.10. The van der Waals surface area contributed by atoms with Crippen LogP contribution in [0.5, 0.6) is 0 Å². The standard InChI is InChI=1S/C16H15ClN4S/c17-13-3-1-12(2-4-13)15-14(11-5-8-19-9-6-11)16(21-20-15)22-10-7-18/h1-6,8-9H,7,10,18H2,(H,20,21). The fourth-order valence-corrected chi connectivity index (χ4v) is 3.11. The zero-order valence-electron chi connectivity index (χ0n) is 11.8. The van der Waals surface area contributed by atoms with E-state index in [9.17, 15) is 0 Å². The number of nitrogens with zero attached hydrogens (tertiary/aromatic N) is 2. The number of benzene rings is 1. The van der Waals surface area contributed by atoms with Gasteiger partial charge in [-0.3, -0.25) is 10.1 Å². The van der Waals surface area contributed by atoms with Crippen LogP contribution in [0.25, 0.3) is 22.4 Å². The maximum Gasteiger partial charge on any atom is 0.126 e. The van der Waals surface area contributed by atoms with E-state index < -0.39 is 0 Å². The molecule has 0 saturated carbocycles. The average molecular weight is 331 g/mol. The number of halogens is 1. The number of hydrogen-bond acceptors (Lipinski definition) is 4. The Bertz CT molecular complexity index is 741. The summed E-state index contributed by atoms with van der Waals surface area (Å²) < 4.78 is 0. The van der Waals surface area contributed by atoms with Crippen LogP contribution in [0.1, 0.15) is 0 Å². The zero-order chi connectivity index (χ0) is 15.4. The van der Waals surface area contributed by atoms with Gasteiger partial charge in [-0.15, -0.1) is 11.8 Å². The first-order valence-corrected chi connectivity index (χ1v) is 8.23. The maximum atomic E-state index is 5.98. The van der Waals surface area contributed by atoms with Crippen molar-refractivity contribution >= 4 is 23.4 Å². The number of H-pyrrole nitrogens is 1. The highest BCUT2D eigenvalue weighted by atomic mass is 35.5. The van der Waals surface area contributed by atoms with Crippen LogP contribution in [0.3, 0.4) is 0 Å². The Morgan fingerprint density at radius 3 is 2.45 bits per heavy atom. The van der Waals surface area contributed by atoms with E-state index in [-0.39, 0.29) is 0 Å². The Morgan fingerprint density at radius 1 is 1.05 bits per heavy atom. The van der Waals surface area contributed by atoms with Gasteiger partial charge >= 0.3 is 0 Å². The summed E-state index contributed by atoms with van der Waals surface area (Å²) in [7, 11) is 0. The molecule has 0 bridgehead atoms. The largest absolute Gasteiger partial charge is 0.330 e. The summed E-state index contributed by atoms with van der Waals surface area (Å²) >= 11 is 7.62. The zero-order valence-corrected chi connectivity index (χ0v) is 13.4. The lowest BCUT2D eigenvalue weighted by Gasteiger charge is -2.06. The van der Waals surface area contributed by atoms with Gasteiger partial charge in [-0.1, -0.05) is 23.7 Å². The SMILES string of the molecule is NCCSc1n[nH]c(-c2ccc(Cl)cc2)c1-c1ccncc1. The second kappa shape index (κ2) is 6.96. The van der Waals surface area contributed by atoms with Gasteiger partial charge in [0.15, 0.2) is 0 Å². The molecule has 0 saturated heterocycles. The number of nitrogens with two attached hydrogens (primary N) is 1. The van der Waals surface area contributed by atoms with Crippen molar-refractivity contribution < 1.29 is 0 Å². The van der Waals surface area contributed by atoms with Gasteiger partial charge in [-0.05, 0) is 29.8 Å². The molecule has 0 aliphatic carbocycles. The summed E-state index contributed by atoms with van der Waals surface area (Å²) in [4.78, 5) is 4.09. The molecule has 0 aliphatic heterocycles. The summed E-state index contributed by atoms with van der Waals surface area (Å²) in [5.74, 6) is 0.822. The van der Waals surface area contributed by atoms with Crippen molar-refractivity contribution in [2.45, 2.75) is 5.03 Å². The first kappa shape index (κ1) is 15.1. The molecule has 112 valence electrons. The smallest absolute Gasteiger partial charge is 0.126 e. The monoisotopic (exact) mass is 330 g/mol. The molecule has 0 atom stereocenters. The fourth-order valence-electron chi connectivity index (χ4n) is 2.20. The van der Waals surface area contributed by atoms with Crippen LogP contribution >= 0.6 is 23.4 Å². The number of pyridine rings is 1. The first-order chi connectivity index (χ1) is 10.8. The first-order valence-electron chi connectivity index (χ1n) is 6.87. The third-order valence-electron chi connectivity index (χ3n) is 3.19. The molecule has 3 N–H and O–H groups in total. The Hall–Kier alpha value is -1.82. The van der Waals surface area contributed by atoms with E-state index in [1.807, 2.05) is 36.4 Å². The number of hydrogen-bond donors (Lipinski definition) is 2. The van der Waals surface area contributed by atoms with Gasteiger partial charge in [0.05, 0.1) is 5.69 Å². The lowest BCUT2D eigenvalue weighted by molar-refractivity contribution is 1.00. The van der Waals surface area contributed by atoms with Gasteiger partial charge in [-0.2, -0.15) is 5.10 Å². The Labute approximate surface area is 138 Å².